The minimum Gasteiger partial charge on any atom is -0.379 e. The molecule has 0 aromatic heterocycles. The molecule has 1 aliphatic heterocycles. The highest BCUT2D eigenvalue weighted by atomic mass is 16.2. The number of carbonyl (C=O) groups is 2. The first kappa shape index (κ1) is 16.0. The molecule has 1 aliphatic rings. The molecule has 0 unspecified atom stereocenters. The van der Waals surface area contributed by atoms with E-state index >= 15 is 0 Å². The molecule has 2 aromatic carbocycles. The molecule has 4 nitrogen and oxygen atoms in total. The van der Waals surface area contributed by atoms with E-state index in [1.54, 1.807) is 4.90 Å². The zero-order valence-electron chi connectivity index (χ0n) is 13.9. The van der Waals surface area contributed by atoms with Crippen molar-refractivity contribution in [3.63, 3.8) is 0 Å². The number of aryl methyl sites for hydroxylation is 2. The molecule has 4 heteroatoms. The number of amides is 1. The second kappa shape index (κ2) is 6.71. The molecule has 1 saturated heterocycles. The topological polar surface area (TPSA) is 49.4 Å². The van der Waals surface area contributed by atoms with Crippen LogP contribution in [-0.2, 0) is 4.79 Å². The molecule has 24 heavy (non-hydrogen) atoms. The minimum absolute atomic E-state index is 0.154. The first-order valence-electron chi connectivity index (χ1n) is 8.00. The van der Waals surface area contributed by atoms with Gasteiger partial charge in [-0.25, -0.2) is 0 Å². The van der Waals surface area contributed by atoms with Gasteiger partial charge in [-0.1, -0.05) is 42.0 Å². The van der Waals surface area contributed by atoms with Gasteiger partial charge in [-0.15, -0.1) is 0 Å². The maximum Gasteiger partial charge on any atom is 0.274 e. The Bertz CT molecular complexity index is 810. The SMILES string of the molecule is Cc1ccc(C(=O)/C=C2\NCCN(c3ccccc3)C2=O)c(C)c1. The molecular formula is C20H20N2O2. The molecule has 0 bridgehead atoms. The Balaban J connectivity index is 1.86. The van der Waals surface area contributed by atoms with Crippen LogP contribution in [0.4, 0.5) is 5.69 Å². The molecule has 2 aromatic rings. The summed E-state index contributed by atoms with van der Waals surface area (Å²) in [6, 6.07) is 15.2. The van der Waals surface area contributed by atoms with Gasteiger partial charge in [-0.3, -0.25) is 9.59 Å². The fourth-order valence-electron chi connectivity index (χ4n) is 2.89. The Labute approximate surface area is 141 Å². The van der Waals surface area contributed by atoms with Crippen LogP contribution in [0.1, 0.15) is 21.5 Å². The van der Waals surface area contributed by atoms with Crippen LogP contribution in [0.5, 0.6) is 0 Å². The third-order valence-electron chi connectivity index (χ3n) is 4.12. The lowest BCUT2D eigenvalue weighted by molar-refractivity contribution is -0.116. The molecule has 1 fully saturated rings. The normalized spacial score (nSPS) is 16.2. The van der Waals surface area contributed by atoms with Gasteiger partial charge in [0, 0.05) is 30.4 Å². The highest BCUT2D eigenvalue weighted by molar-refractivity contribution is 6.13. The highest BCUT2D eigenvalue weighted by Crippen LogP contribution is 2.18. The van der Waals surface area contributed by atoms with Crippen LogP contribution in [0.3, 0.4) is 0 Å². The molecule has 0 radical (unpaired) electrons. The molecule has 0 aliphatic carbocycles. The Kier molecular flexibility index (Phi) is 4.47. The van der Waals surface area contributed by atoms with Crippen LogP contribution in [0, 0.1) is 13.8 Å². The van der Waals surface area contributed by atoms with E-state index in [1.807, 2.05) is 62.4 Å². The largest absolute Gasteiger partial charge is 0.379 e. The maximum atomic E-state index is 12.7. The molecule has 1 N–H and O–H groups in total. The van der Waals surface area contributed by atoms with Crippen molar-refractivity contribution in [3.05, 3.63) is 77.0 Å². The first-order valence-corrected chi connectivity index (χ1v) is 8.00. The van der Waals surface area contributed by atoms with E-state index in [1.165, 1.54) is 6.08 Å². The van der Waals surface area contributed by atoms with Gasteiger partial charge in [-0.2, -0.15) is 0 Å². The Morgan fingerprint density at radius 2 is 1.88 bits per heavy atom. The quantitative estimate of drug-likeness (QED) is 0.698. The van der Waals surface area contributed by atoms with Crippen LogP contribution in [0.25, 0.3) is 0 Å². The zero-order valence-corrected chi connectivity index (χ0v) is 13.9. The molecular weight excluding hydrogens is 300 g/mol. The summed E-state index contributed by atoms with van der Waals surface area (Å²) in [6.45, 7) is 5.10. The van der Waals surface area contributed by atoms with Crippen LogP contribution in [0.15, 0.2) is 60.3 Å². The van der Waals surface area contributed by atoms with Gasteiger partial charge in [0.05, 0.1) is 0 Å². The summed E-state index contributed by atoms with van der Waals surface area (Å²) in [6.07, 6.45) is 1.41. The Hall–Kier alpha value is -2.88. The number of carbonyl (C=O) groups excluding carboxylic acids is 2. The number of hydrogen-bond acceptors (Lipinski definition) is 3. The number of benzene rings is 2. The standard InChI is InChI=1S/C20H20N2O2/c1-14-8-9-17(15(2)12-14)19(23)13-18-20(24)22(11-10-21-18)16-6-4-3-5-7-16/h3-9,12-13,21H,10-11H2,1-2H3/b18-13-. The summed E-state index contributed by atoms with van der Waals surface area (Å²) in [5, 5.41) is 3.05. The van der Waals surface area contributed by atoms with Crippen molar-refractivity contribution in [1.82, 2.24) is 5.32 Å². The van der Waals surface area contributed by atoms with Crippen molar-refractivity contribution < 1.29 is 9.59 Å². The minimum atomic E-state index is -0.175. The van der Waals surface area contributed by atoms with Gasteiger partial charge in [0.15, 0.2) is 5.78 Å². The summed E-state index contributed by atoms with van der Waals surface area (Å²) < 4.78 is 0. The molecule has 0 spiro atoms. The summed E-state index contributed by atoms with van der Waals surface area (Å²) in [4.78, 5) is 26.9. The van der Waals surface area contributed by atoms with Crippen molar-refractivity contribution in [1.29, 1.82) is 0 Å². The molecule has 1 amide bonds. The number of para-hydroxylation sites is 1. The van der Waals surface area contributed by atoms with E-state index < -0.39 is 0 Å². The van der Waals surface area contributed by atoms with E-state index in [9.17, 15) is 9.59 Å². The van der Waals surface area contributed by atoms with Crippen molar-refractivity contribution in [3.8, 4) is 0 Å². The van der Waals surface area contributed by atoms with E-state index in [2.05, 4.69) is 5.32 Å². The van der Waals surface area contributed by atoms with E-state index in [0.29, 0.717) is 24.4 Å². The highest BCUT2D eigenvalue weighted by Gasteiger charge is 2.25. The van der Waals surface area contributed by atoms with Gasteiger partial charge in [0.1, 0.15) is 5.70 Å². The summed E-state index contributed by atoms with van der Waals surface area (Å²) in [5.74, 6) is -0.330. The van der Waals surface area contributed by atoms with Gasteiger partial charge < -0.3 is 10.2 Å². The van der Waals surface area contributed by atoms with Crippen molar-refractivity contribution in [2.24, 2.45) is 0 Å². The lowest BCUT2D eigenvalue weighted by atomic mass is 10.0. The van der Waals surface area contributed by atoms with Gasteiger partial charge in [-0.05, 0) is 31.5 Å². The van der Waals surface area contributed by atoms with Crippen LogP contribution >= 0.6 is 0 Å². The van der Waals surface area contributed by atoms with Crippen LogP contribution in [-0.4, -0.2) is 24.8 Å². The number of ketones is 1. The molecule has 0 atom stereocenters. The number of piperazine rings is 1. The Morgan fingerprint density at radius 1 is 1.12 bits per heavy atom. The van der Waals surface area contributed by atoms with Crippen molar-refractivity contribution in [2.75, 3.05) is 18.0 Å². The summed E-state index contributed by atoms with van der Waals surface area (Å²) in [7, 11) is 0. The van der Waals surface area contributed by atoms with Gasteiger partial charge >= 0.3 is 0 Å². The first-order chi connectivity index (χ1) is 11.6. The number of allylic oxidation sites excluding steroid dienone is 1. The fraction of sp³-hybridized carbons (Fsp3) is 0.200. The predicted molar refractivity (Wildman–Crippen MR) is 95.1 cm³/mol. The lowest BCUT2D eigenvalue weighted by Gasteiger charge is -2.29. The average molecular weight is 320 g/mol. The molecule has 3 rings (SSSR count). The maximum absolute atomic E-state index is 12.7. The molecule has 1 heterocycles. The lowest BCUT2D eigenvalue weighted by Crippen LogP contribution is -2.46. The van der Waals surface area contributed by atoms with Gasteiger partial charge in [0.25, 0.3) is 5.91 Å². The fourth-order valence-corrected chi connectivity index (χ4v) is 2.89. The van der Waals surface area contributed by atoms with Crippen LogP contribution < -0.4 is 10.2 Å². The van der Waals surface area contributed by atoms with Crippen LogP contribution in [0.2, 0.25) is 0 Å². The third-order valence-corrected chi connectivity index (χ3v) is 4.12. The zero-order chi connectivity index (χ0) is 17.1. The van der Waals surface area contributed by atoms with Crippen molar-refractivity contribution >= 4 is 17.4 Å². The summed E-state index contributed by atoms with van der Waals surface area (Å²) in [5.41, 5.74) is 3.84. The number of nitrogens with one attached hydrogen (secondary N) is 1. The Morgan fingerprint density at radius 3 is 2.58 bits per heavy atom. The predicted octanol–water partition coefficient (Wildman–Crippen LogP) is 3.01. The molecule has 0 saturated carbocycles. The molecule has 122 valence electrons. The smallest absolute Gasteiger partial charge is 0.274 e. The number of nitrogens with zero attached hydrogens (tertiary/aromatic N) is 1. The third kappa shape index (κ3) is 3.23. The summed E-state index contributed by atoms with van der Waals surface area (Å²) >= 11 is 0. The van der Waals surface area contributed by atoms with E-state index in [4.69, 9.17) is 0 Å². The second-order valence-electron chi connectivity index (χ2n) is 5.96. The number of anilines is 1. The van der Waals surface area contributed by atoms with Crippen molar-refractivity contribution in [2.45, 2.75) is 13.8 Å². The van der Waals surface area contributed by atoms with E-state index in [0.717, 1.165) is 16.8 Å². The van der Waals surface area contributed by atoms with Gasteiger partial charge in [0.2, 0.25) is 0 Å². The number of hydrogen-bond donors (Lipinski definition) is 1. The average Bonchev–Trinajstić information content (AvgIpc) is 2.57. The van der Waals surface area contributed by atoms with E-state index in [-0.39, 0.29) is 11.7 Å². The monoisotopic (exact) mass is 320 g/mol. The second-order valence-corrected chi connectivity index (χ2v) is 5.96. The number of rotatable bonds is 3.